The van der Waals surface area contributed by atoms with Gasteiger partial charge in [-0.05, 0) is 43.3 Å². The van der Waals surface area contributed by atoms with E-state index in [1.807, 2.05) is 43.3 Å². The maximum Gasteiger partial charge on any atom is 0.251 e. The fourth-order valence-electron chi connectivity index (χ4n) is 2.24. The van der Waals surface area contributed by atoms with Crippen molar-refractivity contribution in [2.45, 2.75) is 13.3 Å². The predicted octanol–water partition coefficient (Wildman–Crippen LogP) is 3.78. The number of nitrogens with zero attached hydrogens (tertiary/aromatic N) is 2. The van der Waals surface area contributed by atoms with Crippen LogP contribution in [0, 0.1) is 6.92 Å². The molecule has 0 spiro atoms. The fourth-order valence-corrected chi connectivity index (χ4v) is 2.50. The molecular formula is C18H16BrN3O2. The third-order valence-electron chi connectivity index (χ3n) is 3.46. The van der Waals surface area contributed by atoms with Crippen LogP contribution < -0.4 is 5.32 Å². The highest BCUT2D eigenvalue weighted by Gasteiger charge is 2.10. The van der Waals surface area contributed by atoms with Crippen LogP contribution in [0.4, 0.5) is 0 Å². The van der Waals surface area contributed by atoms with E-state index in [0.717, 1.165) is 15.6 Å². The van der Waals surface area contributed by atoms with Gasteiger partial charge >= 0.3 is 0 Å². The van der Waals surface area contributed by atoms with Gasteiger partial charge in [-0.2, -0.15) is 0 Å². The lowest BCUT2D eigenvalue weighted by atomic mass is 10.1. The van der Waals surface area contributed by atoms with Gasteiger partial charge in [0.05, 0.1) is 0 Å². The average Bonchev–Trinajstić information content (AvgIpc) is 3.04. The van der Waals surface area contributed by atoms with Crippen molar-refractivity contribution in [3.8, 4) is 11.5 Å². The minimum absolute atomic E-state index is 0.124. The summed E-state index contributed by atoms with van der Waals surface area (Å²) >= 11 is 3.34. The van der Waals surface area contributed by atoms with Crippen molar-refractivity contribution in [2.75, 3.05) is 6.54 Å². The molecule has 1 N–H and O–H groups in total. The van der Waals surface area contributed by atoms with Crippen molar-refractivity contribution in [3.63, 3.8) is 0 Å². The van der Waals surface area contributed by atoms with Gasteiger partial charge in [0.1, 0.15) is 0 Å². The molecule has 122 valence electrons. The van der Waals surface area contributed by atoms with Crippen LogP contribution in [0.15, 0.2) is 57.4 Å². The Balaban J connectivity index is 1.56. The van der Waals surface area contributed by atoms with Gasteiger partial charge in [-0.25, -0.2) is 0 Å². The molecule has 6 heteroatoms. The number of aryl methyl sites for hydroxylation is 1. The Labute approximate surface area is 148 Å². The molecule has 0 unspecified atom stereocenters. The first kappa shape index (κ1) is 16.4. The highest BCUT2D eigenvalue weighted by molar-refractivity contribution is 9.10. The molecule has 3 aromatic rings. The zero-order valence-corrected chi connectivity index (χ0v) is 14.7. The Hall–Kier alpha value is -2.47. The first-order valence-corrected chi connectivity index (χ1v) is 8.34. The summed E-state index contributed by atoms with van der Waals surface area (Å²) in [6.45, 7) is 2.45. The van der Waals surface area contributed by atoms with Crippen LogP contribution in [0.25, 0.3) is 11.5 Å². The highest BCUT2D eigenvalue weighted by atomic mass is 79.9. The fraction of sp³-hybridized carbons (Fsp3) is 0.167. The molecule has 0 fully saturated rings. The number of hydrogen-bond donors (Lipinski definition) is 1. The summed E-state index contributed by atoms with van der Waals surface area (Å²) in [6.07, 6.45) is 0.487. The monoisotopic (exact) mass is 385 g/mol. The van der Waals surface area contributed by atoms with Gasteiger partial charge in [-0.15, -0.1) is 10.2 Å². The van der Waals surface area contributed by atoms with E-state index < -0.39 is 0 Å². The topological polar surface area (TPSA) is 68.0 Å². The SMILES string of the molecule is Cc1cccc(-c2nnc(CCNC(=O)c3ccc(Br)cc3)o2)c1. The molecule has 0 radical (unpaired) electrons. The number of aromatic nitrogens is 2. The Kier molecular flexibility index (Phi) is 5.05. The zero-order chi connectivity index (χ0) is 16.9. The lowest BCUT2D eigenvalue weighted by Crippen LogP contribution is -2.25. The minimum atomic E-state index is -0.124. The second-order valence-electron chi connectivity index (χ2n) is 5.38. The van der Waals surface area contributed by atoms with Gasteiger partial charge in [0.2, 0.25) is 11.8 Å². The van der Waals surface area contributed by atoms with Crippen molar-refractivity contribution in [3.05, 3.63) is 70.0 Å². The molecule has 0 atom stereocenters. The van der Waals surface area contributed by atoms with Gasteiger partial charge in [0.15, 0.2) is 0 Å². The first-order valence-electron chi connectivity index (χ1n) is 7.55. The predicted molar refractivity (Wildman–Crippen MR) is 94.7 cm³/mol. The second-order valence-corrected chi connectivity index (χ2v) is 6.30. The average molecular weight is 386 g/mol. The smallest absolute Gasteiger partial charge is 0.251 e. The lowest BCUT2D eigenvalue weighted by Gasteiger charge is -2.03. The number of hydrogen-bond acceptors (Lipinski definition) is 4. The van der Waals surface area contributed by atoms with E-state index in [-0.39, 0.29) is 5.91 Å². The maximum atomic E-state index is 12.0. The van der Waals surface area contributed by atoms with E-state index in [0.29, 0.717) is 30.3 Å². The highest BCUT2D eigenvalue weighted by Crippen LogP contribution is 2.18. The summed E-state index contributed by atoms with van der Waals surface area (Å²) in [6, 6.07) is 15.1. The third kappa shape index (κ3) is 4.08. The van der Waals surface area contributed by atoms with E-state index in [1.165, 1.54) is 0 Å². The molecule has 1 heterocycles. The Morgan fingerprint density at radius 2 is 1.96 bits per heavy atom. The molecule has 2 aromatic carbocycles. The van der Waals surface area contributed by atoms with Crippen LogP contribution in [0.1, 0.15) is 21.8 Å². The van der Waals surface area contributed by atoms with Crippen LogP contribution in [0.3, 0.4) is 0 Å². The molecule has 0 aliphatic rings. The standard InChI is InChI=1S/C18H16BrN3O2/c1-12-3-2-4-14(11-12)18-22-21-16(24-18)9-10-20-17(23)13-5-7-15(19)8-6-13/h2-8,11H,9-10H2,1H3,(H,20,23). The van der Waals surface area contributed by atoms with E-state index in [9.17, 15) is 4.79 Å². The van der Waals surface area contributed by atoms with Crippen LogP contribution in [-0.2, 0) is 6.42 Å². The Morgan fingerprint density at radius 3 is 2.71 bits per heavy atom. The molecule has 1 amide bonds. The van der Waals surface area contributed by atoms with Gasteiger partial charge in [0.25, 0.3) is 5.91 Å². The number of halogens is 1. The Morgan fingerprint density at radius 1 is 1.17 bits per heavy atom. The molecule has 1 aromatic heterocycles. The summed E-state index contributed by atoms with van der Waals surface area (Å²) in [4.78, 5) is 12.0. The van der Waals surface area contributed by atoms with Crippen molar-refractivity contribution in [1.29, 1.82) is 0 Å². The Bertz CT molecular complexity index is 843. The molecule has 0 saturated carbocycles. The number of carbonyl (C=O) groups is 1. The van der Waals surface area contributed by atoms with Crippen LogP contribution in [0.5, 0.6) is 0 Å². The van der Waals surface area contributed by atoms with Gasteiger partial charge in [-0.3, -0.25) is 4.79 Å². The molecule has 0 saturated heterocycles. The van der Waals surface area contributed by atoms with Crippen molar-refractivity contribution in [2.24, 2.45) is 0 Å². The first-order chi connectivity index (χ1) is 11.6. The third-order valence-corrected chi connectivity index (χ3v) is 3.99. The molecule has 0 aliphatic heterocycles. The molecule has 0 aliphatic carbocycles. The molecule has 3 rings (SSSR count). The van der Waals surface area contributed by atoms with E-state index >= 15 is 0 Å². The van der Waals surface area contributed by atoms with Gasteiger partial charge < -0.3 is 9.73 Å². The van der Waals surface area contributed by atoms with Crippen LogP contribution in [-0.4, -0.2) is 22.6 Å². The van der Waals surface area contributed by atoms with E-state index in [2.05, 4.69) is 31.4 Å². The summed E-state index contributed by atoms with van der Waals surface area (Å²) in [7, 11) is 0. The molecular weight excluding hydrogens is 370 g/mol. The summed E-state index contributed by atoms with van der Waals surface area (Å²) in [5.74, 6) is 0.872. The molecule has 5 nitrogen and oxygen atoms in total. The van der Waals surface area contributed by atoms with Crippen molar-refractivity contribution < 1.29 is 9.21 Å². The largest absolute Gasteiger partial charge is 0.421 e. The van der Waals surface area contributed by atoms with Gasteiger partial charge in [-0.1, -0.05) is 33.6 Å². The van der Waals surface area contributed by atoms with Crippen molar-refractivity contribution >= 4 is 21.8 Å². The summed E-state index contributed by atoms with van der Waals surface area (Å²) in [5.41, 5.74) is 2.64. The molecule has 24 heavy (non-hydrogen) atoms. The quantitative estimate of drug-likeness (QED) is 0.725. The van der Waals surface area contributed by atoms with Crippen LogP contribution in [0.2, 0.25) is 0 Å². The summed E-state index contributed by atoms with van der Waals surface area (Å²) in [5, 5.41) is 10.9. The van der Waals surface area contributed by atoms with Crippen molar-refractivity contribution in [1.82, 2.24) is 15.5 Å². The minimum Gasteiger partial charge on any atom is -0.421 e. The lowest BCUT2D eigenvalue weighted by molar-refractivity contribution is 0.0953. The normalized spacial score (nSPS) is 10.6. The number of rotatable bonds is 5. The van der Waals surface area contributed by atoms with E-state index in [4.69, 9.17) is 4.42 Å². The van der Waals surface area contributed by atoms with Gasteiger partial charge in [0, 0.05) is 28.6 Å². The zero-order valence-electron chi connectivity index (χ0n) is 13.1. The number of nitrogens with one attached hydrogen (secondary N) is 1. The second kappa shape index (κ2) is 7.40. The van der Waals surface area contributed by atoms with Crippen LogP contribution >= 0.6 is 15.9 Å². The number of benzene rings is 2. The summed E-state index contributed by atoms with van der Waals surface area (Å²) < 4.78 is 6.59. The molecule has 0 bridgehead atoms. The number of amides is 1. The number of carbonyl (C=O) groups excluding carboxylic acids is 1. The maximum absolute atomic E-state index is 12.0. The van der Waals surface area contributed by atoms with E-state index in [1.54, 1.807) is 12.1 Å².